The van der Waals surface area contributed by atoms with Gasteiger partial charge >= 0.3 is 0 Å². The molecule has 0 spiro atoms. The van der Waals surface area contributed by atoms with Crippen LogP contribution in [0.25, 0.3) is 0 Å². The van der Waals surface area contributed by atoms with E-state index in [2.05, 4.69) is 10.3 Å². The Labute approximate surface area is 100 Å². The average molecular weight is 235 g/mol. The van der Waals surface area contributed by atoms with Gasteiger partial charge in [0.1, 0.15) is 0 Å². The molecule has 1 fully saturated rings. The second-order valence-electron chi connectivity index (χ2n) is 4.24. The lowest BCUT2D eigenvalue weighted by Crippen LogP contribution is -2.33. The molecule has 5 heteroatoms. The molecule has 1 atom stereocenters. The molecule has 1 saturated heterocycles. The molecule has 2 N–H and O–H groups in total. The summed E-state index contributed by atoms with van der Waals surface area (Å²) in [5, 5.41) is 12.2. The number of hydrogen-bond donors (Lipinski definition) is 2. The van der Waals surface area contributed by atoms with Gasteiger partial charge in [0.2, 0.25) is 5.91 Å². The molecular formula is C12H17N3O2. The van der Waals surface area contributed by atoms with Crippen LogP contribution in [0, 0.1) is 0 Å². The minimum Gasteiger partial charge on any atom is -0.387 e. The molecule has 1 aromatic rings. The van der Waals surface area contributed by atoms with Crippen LogP contribution in [0.4, 0.5) is 5.69 Å². The topological polar surface area (TPSA) is 65.5 Å². The molecule has 2 rings (SSSR count). The zero-order chi connectivity index (χ0) is 12.3. The third kappa shape index (κ3) is 2.94. The van der Waals surface area contributed by atoms with Gasteiger partial charge in [-0.3, -0.25) is 9.78 Å². The van der Waals surface area contributed by atoms with E-state index in [-0.39, 0.29) is 5.91 Å². The van der Waals surface area contributed by atoms with E-state index in [4.69, 9.17) is 0 Å². The van der Waals surface area contributed by atoms with Gasteiger partial charge in [-0.05, 0) is 25.5 Å². The van der Waals surface area contributed by atoms with Crippen LogP contribution in [-0.2, 0) is 4.79 Å². The fourth-order valence-corrected chi connectivity index (χ4v) is 1.86. The molecule has 0 bridgehead atoms. The van der Waals surface area contributed by atoms with Crippen LogP contribution in [0.3, 0.4) is 0 Å². The highest BCUT2D eigenvalue weighted by Gasteiger charge is 2.15. The van der Waals surface area contributed by atoms with Gasteiger partial charge in [0, 0.05) is 13.1 Å². The van der Waals surface area contributed by atoms with Gasteiger partial charge in [0.15, 0.2) is 0 Å². The van der Waals surface area contributed by atoms with Gasteiger partial charge in [0.05, 0.1) is 30.2 Å². The molecule has 1 aromatic heterocycles. The number of rotatable bonds is 2. The lowest BCUT2D eigenvalue weighted by Gasteiger charge is -2.21. The minimum atomic E-state index is -0.559. The molecule has 1 aliphatic heterocycles. The molecule has 2 heterocycles. The van der Waals surface area contributed by atoms with E-state index >= 15 is 0 Å². The van der Waals surface area contributed by atoms with Crippen LogP contribution in [-0.4, -0.2) is 35.6 Å². The largest absolute Gasteiger partial charge is 0.387 e. The number of aliphatic hydroxyl groups excluding tert-OH is 1. The zero-order valence-corrected chi connectivity index (χ0v) is 9.89. The number of nitrogens with one attached hydrogen (secondary N) is 1. The highest BCUT2D eigenvalue weighted by atomic mass is 16.3. The predicted octanol–water partition coefficient (Wildman–Crippen LogP) is 0.461. The van der Waals surface area contributed by atoms with Crippen LogP contribution in [0.15, 0.2) is 18.3 Å². The maximum Gasteiger partial charge on any atom is 0.239 e. The van der Waals surface area contributed by atoms with E-state index in [9.17, 15) is 9.90 Å². The van der Waals surface area contributed by atoms with E-state index in [1.54, 1.807) is 19.2 Å². The Morgan fingerprint density at radius 1 is 1.53 bits per heavy atom. The first-order chi connectivity index (χ1) is 8.16. The molecule has 0 aliphatic carbocycles. The van der Waals surface area contributed by atoms with Crippen molar-refractivity contribution in [3.63, 3.8) is 0 Å². The van der Waals surface area contributed by atoms with E-state index in [1.165, 1.54) is 0 Å². The molecule has 0 aromatic carbocycles. The first kappa shape index (κ1) is 11.9. The van der Waals surface area contributed by atoms with Crippen molar-refractivity contribution >= 4 is 11.6 Å². The SMILES string of the molecule is CC(O)c1ccc(N2CCCNC(=O)C2)cn1. The Bertz CT molecular complexity index is 389. The van der Waals surface area contributed by atoms with Gasteiger partial charge in [-0.1, -0.05) is 0 Å². The summed E-state index contributed by atoms with van der Waals surface area (Å²) in [7, 11) is 0. The lowest BCUT2D eigenvalue weighted by atomic mass is 10.2. The Hall–Kier alpha value is -1.62. The molecule has 1 amide bonds. The summed E-state index contributed by atoms with van der Waals surface area (Å²) in [5.41, 5.74) is 1.57. The third-order valence-corrected chi connectivity index (χ3v) is 2.83. The van der Waals surface area contributed by atoms with Gasteiger partial charge < -0.3 is 15.3 Å². The molecular weight excluding hydrogens is 218 g/mol. The van der Waals surface area contributed by atoms with E-state index in [0.29, 0.717) is 12.2 Å². The summed E-state index contributed by atoms with van der Waals surface area (Å²) in [6.45, 7) is 3.63. The third-order valence-electron chi connectivity index (χ3n) is 2.83. The molecule has 92 valence electrons. The van der Waals surface area contributed by atoms with Crippen molar-refractivity contribution in [2.75, 3.05) is 24.5 Å². The highest BCUT2D eigenvalue weighted by Crippen LogP contribution is 2.17. The number of carbonyl (C=O) groups is 1. The van der Waals surface area contributed by atoms with Crippen molar-refractivity contribution in [2.24, 2.45) is 0 Å². The van der Waals surface area contributed by atoms with E-state index in [0.717, 1.165) is 25.2 Å². The van der Waals surface area contributed by atoms with E-state index < -0.39 is 6.10 Å². The van der Waals surface area contributed by atoms with Crippen molar-refractivity contribution in [3.8, 4) is 0 Å². The summed E-state index contributed by atoms with van der Waals surface area (Å²) >= 11 is 0. The number of anilines is 1. The lowest BCUT2D eigenvalue weighted by molar-refractivity contribution is -0.119. The summed E-state index contributed by atoms with van der Waals surface area (Å²) in [6, 6.07) is 3.69. The summed E-state index contributed by atoms with van der Waals surface area (Å²) in [6.07, 6.45) is 2.08. The number of hydrogen-bond acceptors (Lipinski definition) is 4. The van der Waals surface area contributed by atoms with Gasteiger partial charge in [-0.15, -0.1) is 0 Å². The molecule has 1 aliphatic rings. The molecule has 0 radical (unpaired) electrons. The number of carbonyl (C=O) groups excluding carboxylic acids is 1. The Kier molecular flexibility index (Phi) is 3.58. The number of aromatic nitrogens is 1. The van der Waals surface area contributed by atoms with Crippen LogP contribution in [0.5, 0.6) is 0 Å². The summed E-state index contributed by atoms with van der Waals surface area (Å²) in [5.74, 6) is 0.0436. The zero-order valence-electron chi connectivity index (χ0n) is 9.89. The first-order valence-electron chi connectivity index (χ1n) is 5.82. The van der Waals surface area contributed by atoms with Crippen molar-refractivity contribution in [1.82, 2.24) is 10.3 Å². The molecule has 5 nitrogen and oxygen atoms in total. The maximum atomic E-state index is 11.4. The van der Waals surface area contributed by atoms with Crippen LogP contribution >= 0.6 is 0 Å². The number of aliphatic hydroxyl groups is 1. The normalized spacial score (nSPS) is 18.5. The fraction of sp³-hybridized carbons (Fsp3) is 0.500. The Morgan fingerprint density at radius 3 is 3.00 bits per heavy atom. The minimum absolute atomic E-state index is 0.0436. The van der Waals surface area contributed by atoms with Crippen LogP contribution in [0.2, 0.25) is 0 Å². The van der Waals surface area contributed by atoms with Gasteiger partial charge in [-0.25, -0.2) is 0 Å². The van der Waals surface area contributed by atoms with Gasteiger partial charge in [0.25, 0.3) is 0 Å². The van der Waals surface area contributed by atoms with E-state index in [1.807, 2.05) is 11.0 Å². The highest BCUT2D eigenvalue weighted by molar-refractivity contribution is 5.81. The molecule has 0 saturated carbocycles. The first-order valence-corrected chi connectivity index (χ1v) is 5.82. The average Bonchev–Trinajstić information content (AvgIpc) is 2.54. The second-order valence-corrected chi connectivity index (χ2v) is 4.24. The van der Waals surface area contributed by atoms with Crippen LogP contribution < -0.4 is 10.2 Å². The fourth-order valence-electron chi connectivity index (χ4n) is 1.86. The quantitative estimate of drug-likeness (QED) is 0.781. The smallest absolute Gasteiger partial charge is 0.239 e. The van der Waals surface area contributed by atoms with Crippen molar-refractivity contribution in [1.29, 1.82) is 0 Å². The summed E-state index contributed by atoms with van der Waals surface area (Å²) < 4.78 is 0. The predicted molar refractivity (Wildman–Crippen MR) is 64.7 cm³/mol. The summed E-state index contributed by atoms with van der Waals surface area (Å²) in [4.78, 5) is 17.6. The van der Waals surface area contributed by atoms with Gasteiger partial charge in [-0.2, -0.15) is 0 Å². The second kappa shape index (κ2) is 5.14. The monoisotopic (exact) mass is 235 g/mol. The molecule has 17 heavy (non-hydrogen) atoms. The number of pyridine rings is 1. The molecule has 1 unspecified atom stereocenters. The van der Waals surface area contributed by atoms with Crippen molar-refractivity contribution in [3.05, 3.63) is 24.0 Å². The van der Waals surface area contributed by atoms with Crippen molar-refractivity contribution < 1.29 is 9.90 Å². The Morgan fingerprint density at radius 2 is 2.35 bits per heavy atom. The number of nitrogens with zero attached hydrogens (tertiary/aromatic N) is 2. The Balaban J connectivity index is 2.12. The van der Waals surface area contributed by atoms with Crippen LogP contribution in [0.1, 0.15) is 25.1 Å². The number of amides is 1. The van der Waals surface area contributed by atoms with Crippen molar-refractivity contribution in [2.45, 2.75) is 19.4 Å². The maximum absolute atomic E-state index is 11.4. The standard InChI is InChI=1S/C12H17N3O2/c1-9(16)11-4-3-10(7-14-11)15-6-2-5-13-12(17)8-15/h3-4,7,9,16H,2,5-6,8H2,1H3,(H,13,17).